The van der Waals surface area contributed by atoms with E-state index in [4.69, 9.17) is 0 Å². The average Bonchev–Trinajstić information content (AvgIpc) is 2.83. The van der Waals surface area contributed by atoms with Crippen molar-refractivity contribution in [2.45, 2.75) is 70.8 Å². The highest BCUT2D eigenvalue weighted by Crippen LogP contribution is 2.67. The lowest BCUT2D eigenvalue weighted by atomic mass is 9.49. The van der Waals surface area contributed by atoms with E-state index in [1.807, 2.05) is 6.08 Å². The molecular formula is C22H30O3. The Hall–Kier alpha value is -1.22. The summed E-state index contributed by atoms with van der Waals surface area (Å²) >= 11 is 0. The number of ketones is 2. The number of carbonyl (C=O) groups excluding carboxylic acids is 2. The molecule has 3 fully saturated rings. The summed E-state index contributed by atoms with van der Waals surface area (Å²) in [6.45, 7) is 7.81. The summed E-state index contributed by atoms with van der Waals surface area (Å²) in [6, 6.07) is 0. The first-order chi connectivity index (χ1) is 11.8. The first-order valence-electron chi connectivity index (χ1n) is 10.00. The standard InChI is InChI=1S/C22H30O3/c1-4-21-10-9-18-17-8-6-16(24)12-15(17)5-7-19(18)20(21)11-13(2)22(21,25)14(3)23/h12,17-20,25H,2,4-11H2,1,3H3/t17-,18?,19?,20?,21-,22-/m0/s1. The lowest BCUT2D eigenvalue weighted by Gasteiger charge is -2.56. The third kappa shape index (κ3) is 2.08. The van der Waals surface area contributed by atoms with Crippen molar-refractivity contribution in [2.75, 3.05) is 0 Å². The Balaban J connectivity index is 1.72. The molecule has 6 atom stereocenters. The highest BCUT2D eigenvalue weighted by Gasteiger charge is 2.67. The van der Waals surface area contributed by atoms with E-state index >= 15 is 0 Å². The summed E-state index contributed by atoms with van der Waals surface area (Å²) in [7, 11) is 0. The van der Waals surface area contributed by atoms with Crippen LogP contribution < -0.4 is 0 Å². The molecular weight excluding hydrogens is 312 g/mol. The van der Waals surface area contributed by atoms with Gasteiger partial charge in [-0.1, -0.05) is 19.1 Å². The second kappa shape index (κ2) is 5.64. The van der Waals surface area contributed by atoms with Crippen LogP contribution in [-0.4, -0.2) is 22.3 Å². The monoisotopic (exact) mass is 342 g/mol. The molecule has 0 aromatic carbocycles. The van der Waals surface area contributed by atoms with Crippen molar-refractivity contribution >= 4 is 11.6 Å². The van der Waals surface area contributed by atoms with Gasteiger partial charge in [-0.05, 0) is 87.2 Å². The molecule has 136 valence electrons. The van der Waals surface area contributed by atoms with E-state index < -0.39 is 5.60 Å². The van der Waals surface area contributed by atoms with Gasteiger partial charge in [0.2, 0.25) is 0 Å². The SMILES string of the molecule is C=C1CC2C3CCC4=CC(=O)CC[C@@H]4C3CC[C@]2(CC)[C@@]1(O)C(C)=O. The van der Waals surface area contributed by atoms with E-state index in [9.17, 15) is 14.7 Å². The van der Waals surface area contributed by atoms with Crippen LogP contribution in [0.2, 0.25) is 0 Å². The third-order valence-electron chi connectivity index (χ3n) is 8.35. The maximum absolute atomic E-state index is 12.5. The lowest BCUT2D eigenvalue weighted by Crippen LogP contribution is -2.57. The largest absolute Gasteiger partial charge is 0.377 e. The van der Waals surface area contributed by atoms with E-state index in [1.165, 1.54) is 12.5 Å². The van der Waals surface area contributed by atoms with Crippen LogP contribution in [0.25, 0.3) is 0 Å². The quantitative estimate of drug-likeness (QED) is 0.772. The third-order valence-corrected chi connectivity index (χ3v) is 8.35. The predicted octanol–water partition coefficient (Wildman–Crippen LogP) is 4.00. The van der Waals surface area contributed by atoms with Crippen molar-refractivity contribution in [3.05, 3.63) is 23.8 Å². The molecule has 4 aliphatic rings. The molecule has 0 aliphatic heterocycles. The van der Waals surface area contributed by atoms with E-state index in [0.717, 1.165) is 50.5 Å². The van der Waals surface area contributed by atoms with Gasteiger partial charge in [0, 0.05) is 11.8 Å². The van der Waals surface area contributed by atoms with Gasteiger partial charge in [0.15, 0.2) is 11.6 Å². The van der Waals surface area contributed by atoms with Crippen LogP contribution in [0.15, 0.2) is 23.8 Å². The molecule has 1 N–H and O–H groups in total. The van der Waals surface area contributed by atoms with E-state index in [-0.39, 0.29) is 11.2 Å². The topological polar surface area (TPSA) is 54.4 Å². The van der Waals surface area contributed by atoms with Crippen LogP contribution in [0.3, 0.4) is 0 Å². The summed E-state index contributed by atoms with van der Waals surface area (Å²) in [5.74, 6) is 2.24. The zero-order valence-electron chi connectivity index (χ0n) is 15.5. The highest BCUT2D eigenvalue weighted by atomic mass is 16.3. The van der Waals surface area contributed by atoms with Crippen molar-refractivity contribution in [3.63, 3.8) is 0 Å². The van der Waals surface area contributed by atoms with Gasteiger partial charge >= 0.3 is 0 Å². The van der Waals surface area contributed by atoms with Crippen molar-refractivity contribution in [1.82, 2.24) is 0 Å². The lowest BCUT2D eigenvalue weighted by molar-refractivity contribution is -0.156. The number of fused-ring (bicyclic) bond motifs is 5. The van der Waals surface area contributed by atoms with Crippen molar-refractivity contribution in [3.8, 4) is 0 Å². The molecule has 0 aromatic heterocycles. The second-order valence-corrected chi connectivity index (χ2v) is 8.93. The van der Waals surface area contributed by atoms with Crippen molar-refractivity contribution in [2.24, 2.45) is 29.1 Å². The number of carbonyl (C=O) groups is 2. The van der Waals surface area contributed by atoms with Crippen molar-refractivity contribution in [1.29, 1.82) is 0 Å². The molecule has 25 heavy (non-hydrogen) atoms. The van der Waals surface area contributed by atoms with E-state index in [0.29, 0.717) is 35.9 Å². The van der Waals surface area contributed by atoms with Gasteiger partial charge in [0.1, 0.15) is 5.60 Å². The first-order valence-corrected chi connectivity index (χ1v) is 10.00. The molecule has 3 unspecified atom stereocenters. The number of hydrogen-bond donors (Lipinski definition) is 1. The zero-order valence-corrected chi connectivity index (χ0v) is 15.5. The average molecular weight is 342 g/mol. The predicted molar refractivity (Wildman–Crippen MR) is 96.9 cm³/mol. The van der Waals surface area contributed by atoms with Gasteiger partial charge in [-0.3, -0.25) is 9.59 Å². The number of hydrogen-bond acceptors (Lipinski definition) is 3. The highest BCUT2D eigenvalue weighted by molar-refractivity contribution is 5.91. The summed E-state index contributed by atoms with van der Waals surface area (Å²) in [5.41, 5.74) is 0.451. The number of Topliss-reactive ketones (excluding diaryl/α,β-unsaturated/α-hetero) is 1. The molecule has 3 saturated carbocycles. The first kappa shape index (κ1) is 17.2. The van der Waals surface area contributed by atoms with Crippen LogP contribution in [0, 0.1) is 29.1 Å². The fourth-order valence-corrected chi connectivity index (χ4v) is 7.25. The Labute approximate surface area is 150 Å². The Morgan fingerprint density at radius 3 is 2.72 bits per heavy atom. The van der Waals surface area contributed by atoms with Gasteiger partial charge < -0.3 is 5.11 Å². The van der Waals surface area contributed by atoms with Gasteiger partial charge in [-0.2, -0.15) is 0 Å². The number of allylic oxidation sites excluding steroid dienone is 1. The molecule has 0 bridgehead atoms. The Bertz CT molecular complexity index is 675. The Morgan fingerprint density at radius 1 is 1.28 bits per heavy atom. The minimum Gasteiger partial charge on any atom is -0.377 e. The maximum Gasteiger partial charge on any atom is 0.166 e. The molecule has 3 nitrogen and oxygen atoms in total. The molecule has 4 rings (SSSR count). The summed E-state index contributed by atoms with van der Waals surface area (Å²) in [4.78, 5) is 24.3. The van der Waals surface area contributed by atoms with Gasteiger partial charge in [0.05, 0.1) is 0 Å². The Kier molecular flexibility index (Phi) is 3.88. The summed E-state index contributed by atoms with van der Waals surface area (Å²) in [6.07, 6.45) is 9.30. The molecule has 0 aromatic rings. The maximum atomic E-state index is 12.5. The number of aliphatic hydroxyl groups is 1. The van der Waals surface area contributed by atoms with Crippen LogP contribution in [0.4, 0.5) is 0 Å². The fourth-order valence-electron chi connectivity index (χ4n) is 7.25. The summed E-state index contributed by atoms with van der Waals surface area (Å²) < 4.78 is 0. The van der Waals surface area contributed by atoms with Gasteiger partial charge in [0.25, 0.3) is 0 Å². The molecule has 0 spiro atoms. The molecule has 3 heteroatoms. The summed E-state index contributed by atoms with van der Waals surface area (Å²) in [5, 5.41) is 11.4. The van der Waals surface area contributed by atoms with Crippen LogP contribution in [-0.2, 0) is 9.59 Å². The molecule has 0 radical (unpaired) electrons. The van der Waals surface area contributed by atoms with Crippen LogP contribution in [0.5, 0.6) is 0 Å². The van der Waals surface area contributed by atoms with Crippen LogP contribution >= 0.6 is 0 Å². The normalized spacial score (nSPS) is 46.1. The fraction of sp³-hybridized carbons (Fsp3) is 0.727. The van der Waals surface area contributed by atoms with Crippen molar-refractivity contribution < 1.29 is 14.7 Å². The minimum atomic E-state index is -1.34. The van der Waals surface area contributed by atoms with Gasteiger partial charge in [-0.25, -0.2) is 0 Å². The molecule has 0 heterocycles. The van der Waals surface area contributed by atoms with E-state index in [1.54, 1.807) is 0 Å². The molecule has 0 saturated heterocycles. The van der Waals surface area contributed by atoms with E-state index in [2.05, 4.69) is 13.5 Å². The Morgan fingerprint density at radius 2 is 2.04 bits per heavy atom. The molecule has 0 amide bonds. The zero-order chi connectivity index (χ0) is 18.0. The smallest absolute Gasteiger partial charge is 0.166 e. The van der Waals surface area contributed by atoms with Crippen LogP contribution in [0.1, 0.15) is 65.2 Å². The molecule has 4 aliphatic carbocycles. The second-order valence-electron chi connectivity index (χ2n) is 8.93. The number of rotatable bonds is 2. The minimum absolute atomic E-state index is 0.125. The van der Waals surface area contributed by atoms with Gasteiger partial charge in [-0.15, -0.1) is 0 Å².